The van der Waals surface area contributed by atoms with Gasteiger partial charge in [0.05, 0.1) is 9.80 Å². The second kappa shape index (κ2) is 12.4. The van der Waals surface area contributed by atoms with Gasteiger partial charge in [0.25, 0.3) is 11.6 Å². The third-order valence-corrected chi connectivity index (χ3v) is 8.60. The summed E-state index contributed by atoms with van der Waals surface area (Å²) in [6.07, 6.45) is 1.10. The van der Waals surface area contributed by atoms with Crippen LogP contribution in [0.3, 0.4) is 0 Å². The Bertz CT molecular complexity index is 1470. The van der Waals surface area contributed by atoms with Crippen LogP contribution in [0.25, 0.3) is 16.4 Å². The summed E-state index contributed by atoms with van der Waals surface area (Å²) in [6, 6.07) is 19.5. The zero-order chi connectivity index (χ0) is 28.1. The Kier molecular flexibility index (Phi) is 8.56. The smallest absolute Gasteiger partial charge is 0.269 e. The number of aromatic nitrogens is 3. The topological polar surface area (TPSA) is 114 Å². The van der Waals surface area contributed by atoms with Crippen molar-refractivity contribution in [3.05, 3.63) is 87.8 Å². The molecular weight excluding hydrogens is 548 g/mol. The highest BCUT2D eigenvalue weighted by Gasteiger charge is 2.30. The van der Waals surface area contributed by atoms with Gasteiger partial charge in [-0.25, -0.2) is 0 Å². The number of hydrogen-bond acceptors (Lipinski definition) is 8. The van der Waals surface area contributed by atoms with Crippen molar-refractivity contribution in [1.82, 2.24) is 24.6 Å². The Morgan fingerprint density at radius 1 is 1.05 bits per heavy atom. The van der Waals surface area contributed by atoms with Crippen molar-refractivity contribution < 1.29 is 14.5 Å². The molecule has 1 atom stereocenters. The molecule has 0 saturated carbocycles. The summed E-state index contributed by atoms with van der Waals surface area (Å²) >= 11 is 3.20. The van der Waals surface area contributed by atoms with Crippen molar-refractivity contribution in [2.75, 3.05) is 25.4 Å². The van der Waals surface area contributed by atoms with Crippen molar-refractivity contribution in [1.29, 1.82) is 0 Å². The van der Waals surface area contributed by atoms with Crippen molar-refractivity contribution in [3.63, 3.8) is 0 Å². The Balaban J connectivity index is 1.14. The van der Waals surface area contributed by atoms with Crippen molar-refractivity contribution in [3.8, 4) is 16.4 Å². The Morgan fingerprint density at radius 2 is 1.82 bits per heavy atom. The number of thiophene rings is 1. The van der Waals surface area contributed by atoms with E-state index >= 15 is 0 Å². The molecule has 5 rings (SSSR count). The average Bonchev–Trinajstić information content (AvgIpc) is 3.65. The molecule has 3 heterocycles. The molecule has 1 unspecified atom stereocenters. The fourth-order valence-corrected chi connectivity index (χ4v) is 6.25. The second-order valence-electron chi connectivity index (χ2n) is 9.40. The van der Waals surface area contributed by atoms with E-state index in [0.717, 1.165) is 27.3 Å². The maximum absolute atomic E-state index is 13.0. The van der Waals surface area contributed by atoms with Gasteiger partial charge < -0.3 is 9.80 Å². The molecular formula is C28H28N6O4S2. The quantitative estimate of drug-likeness (QED) is 0.117. The first-order chi connectivity index (χ1) is 19.4. The van der Waals surface area contributed by atoms with Crippen LogP contribution in [0, 0.1) is 10.1 Å². The van der Waals surface area contributed by atoms with Crippen LogP contribution in [-0.4, -0.2) is 72.7 Å². The lowest BCUT2D eigenvalue weighted by molar-refractivity contribution is -0.384. The van der Waals surface area contributed by atoms with Gasteiger partial charge in [0.2, 0.25) is 5.91 Å². The monoisotopic (exact) mass is 576 g/mol. The van der Waals surface area contributed by atoms with Crippen molar-refractivity contribution in [2.45, 2.75) is 31.0 Å². The minimum atomic E-state index is -0.490. The predicted molar refractivity (Wildman–Crippen MR) is 155 cm³/mol. The molecule has 10 nitrogen and oxygen atoms in total. The Morgan fingerprint density at radius 3 is 2.50 bits per heavy atom. The zero-order valence-electron chi connectivity index (χ0n) is 21.9. The van der Waals surface area contributed by atoms with E-state index in [9.17, 15) is 19.7 Å². The summed E-state index contributed by atoms with van der Waals surface area (Å²) in [5, 5.41) is 22.6. The first-order valence-electron chi connectivity index (χ1n) is 12.9. The van der Waals surface area contributed by atoms with E-state index in [1.807, 2.05) is 59.7 Å². The third kappa shape index (κ3) is 6.07. The summed E-state index contributed by atoms with van der Waals surface area (Å²) in [7, 11) is 0. The minimum absolute atomic E-state index is 0.0542. The summed E-state index contributed by atoms with van der Waals surface area (Å²) in [5.74, 6) is 1.40. The Labute approximate surface area is 239 Å². The molecule has 206 valence electrons. The Hall–Kier alpha value is -4.03. The van der Waals surface area contributed by atoms with E-state index in [2.05, 4.69) is 14.8 Å². The number of nitro groups is 1. The van der Waals surface area contributed by atoms with Gasteiger partial charge in [-0.3, -0.25) is 24.3 Å². The van der Waals surface area contributed by atoms with Gasteiger partial charge in [-0.1, -0.05) is 36.0 Å². The lowest BCUT2D eigenvalue weighted by Crippen LogP contribution is -2.55. The molecule has 4 aromatic rings. The number of hydrogen-bond donors (Lipinski definition) is 0. The highest BCUT2D eigenvalue weighted by atomic mass is 32.2. The number of non-ortho nitro benzene ring substituents is 1. The maximum Gasteiger partial charge on any atom is 0.269 e. The molecule has 0 aliphatic carbocycles. The van der Waals surface area contributed by atoms with Crippen LogP contribution in [0.15, 0.2) is 77.3 Å². The van der Waals surface area contributed by atoms with Crippen LogP contribution in [0.4, 0.5) is 5.69 Å². The molecule has 0 spiro atoms. The number of carbonyl (C=O) groups is 2. The molecule has 2 amide bonds. The van der Waals surface area contributed by atoms with Gasteiger partial charge in [-0.2, -0.15) is 0 Å². The molecule has 1 saturated heterocycles. The maximum atomic E-state index is 13.0. The molecule has 0 radical (unpaired) electrons. The van der Waals surface area contributed by atoms with Gasteiger partial charge in [-0.05, 0) is 49.1 Å². The number of carbonyl (C=O) groups excluding carboxylic acids is 2. The first-order valence-corrected chi connectivity index (χ1v) is 14.8. The molecule has 1 aliphatic rings. The zero-order valence-corrected chi connectivity index (χ0v) is 23.5. The van der Waals surface area contributed by atoms with Crippen LogP contribution in [-0.2, 0) is 4.79 Å². The normalized spacial score (nSPS) is 15.3. The van der Waals surface area contributed by atoms with Crippen LogP contribution >= 0.6 is 23.1 Å². The van der Waals surface area contributed by atoms with Gasteiger partial charge in [-0.15, -0.1) is 21.5 Å². The molecule has 1 aliphatic heterocycles. The summed E-state index contributed by atoms with van der Waals surface area (Å²) in [5.41, 5.74) is 1.34. The van der Waals surface area contributed by atoms with E-state index in [4.69, 9.17) is 0 Å². The number of para-hydroxylation sites is 1. The fraction of sp³-hybridized carbons (Fsp3) is 0.286. The average molecular weight is 577 g/mol. The molecule has 40 heavy (non-hydrogen) atoms. The van der Waals surface area contributed by atoms with Crippen LogP contribution in [0.5, 0.6) is 0 Å². The van der Waals surface area contributed by atoms with Crippen LogP contribution in [0.1, 0.15) is 30.1 Å². The highest BCUT2D eigenvalue weighted by Crippen LogP contribution is 2.30. The standard InChI is InChI=1S/C28H28N6O4S2/c1-20-19-31(15-16-32(20)27(36)21-11-13-23(14-12-21)34(37)38)25(35)10-6-18-40-28-30-29-26(24-9-5-17-39-24)33(28)22-7-3-2-4-8-22/h2-5,7-9,11-14,17,20H,6,10,15-16,18-19H2,1H3. The SMILES string of the molecule is CC1CN(C(=O)CCCSc2nnc(-c3cccs3)n2-c2ccccc2)CCN1C(=O)c1ccc([N+](=O)[O-])cc1. The fourth-order valence-electron chi connectivity index (χ4n) is 4.66. The molecule has 2 aromatic heterocycles. The van der Waals surface area contributed by atoms with Gasteiger partial charge in [0, 0.05) is 61.2 Å². The van der Waals surface area contributed by atoms with Gasteiger partial charge >= 0.3 is 0 Å². The van der Waals surface area contributed by atoms with Crippen molar-refractivity contribution in [2.24, 2.45) is 0 Å². The van der Waals surface area contributed by atoms with E-state index in [0.29, 0.717) is 38.0 Å². The number of amides is 2. The number of nitro benzene ring substituents is 1. The van der Waals surface area contributed by atoms with Gasteiger partial charge in [0.15, 0.2) is 11.0 Å². The van der Waals surface area contributed by atoms with Gasteiger partial charge in [0.1, 0.15) is 0 Å². The number of thioether (sulfide) groups is 1. The first kappa shape index (κ1) is 27.5. The summed E-state index contributed by atoms with van der Waals surface area (Å²) in [6.45, 7) is 3.25. The minimum Gasteiger partial charge on any atom is -0.339 e. The second-order valence-corrected chi connectivity index (χ2v) is 11.4. The summed E-state index contributed by atoms with van der Waals surface area (Å²) in [4.78, 5) is 40.9. The largest absolute Gasteiger partial charge is 0.339 e. The highest BCUT2D eigenvalue weighted by molar-refractivity contribution is 7.99. The molecule has 0 N–H and O–H groups in total. The lowest BCUT2D eigenvalue weighted by Gasteiger charge is -2.40. The van der Waals surface area contributed by atoms with E-state index in [1.165, 1.54) is 24.3 Å². The number of piperazine rings is 1. The van der Waals surface area contributed by atoms with Crippen molar-refractivity contribution >= 4 is 40.6 Å². The van der Waals surface area contributed by atoms with E-state index < -0.39 is 4.92 Å². The number of benzene rings is 2. The van der Waals surface area contributed by atoms with E-state index in [1.54, 1.807) is 28.0 Å². The predicted octanol–water partition coefficient (Wildman–Crippen LogP) is 5.15. The third-order valence-electron chi connectivity index (χ3n) is 6.72. The molecule has 2 aromatic carbocycles. The summed E-state index contributed by atoms with van der Waals surface area (Å²) < 4.78 is 2.06. The van der Waals surface area contributed by atoms with E-state index in [-0.39, 0.29) is 23.5 Å². The molecule has 1 fully saturated rings. The number of rotatable bonds is 9. The number of nitrogens with zero attached hydrogens (tertiary/aromatic N) is 6. The molecule has 0 bridgehead atoms. The molecule has 12 heteroatoms. The van der Waals surface area contributed by atoms with Crippen LogP contribution in [0.2, 0.25) is 0 Å². The van der Waals surface area contributed by atoms with Crippen LogP contribution < -0.4 is 0 Å². The lowest BCUT2D eigenvalue weighted by atomic mass is 10.1.